The minimum absolute atomic E-state index is 0.176. The fourth-order valence-corrected chi connectivity index (χ4v) is 4.83. The highest BCUT2D eigenvalue weighted by molar-refractivity contribution is 7.91. The number of sulfone groups is 1. The van der Waals surface area contributed by atoms with Gasteiger partial charge in [-0.05, 0) is 39.9 Å². The molecule has 0 aromatic carbocycles. The second-order valence-electron chi connectivity index (χ2n) is 6.05. The monoisotopic (exact) mass is 289 g/mol. The summed E-state index contributed by atoms with van der Waals surface area (Å²) in [6.07, 6.45) is 2.00. The molecular formula is C13H27N3O2S. The van der Waals surface area contributed by atoms with Crippen molar-refractivity contribution >= 4 is 9.84 Å². The fourth-order valence-electron chi connectivity index (χ4n) is 3.12. The largest absolute Gasteiger partial charge is 0.312 e. The summed E-state index contributed by atoms with van der Waals surface area (Å²) in [6.45, 7) is 7.64. The van der Waals surface area contributed by atoms with Crippen LogP contribution in [0.25, 0.3) is 0 Å². The highest BCUT2D eigenvalue weighted by atomic mass is 32.2. The second kappa shape index (κ2) is 6.52. The Balaban J connectivity index is 1.70. The van der Waals surface area contributed by atoms with Gasteiger partial charge in [-0.1, -0.05) is 0 Å². The molecule has 2 rings (SSSR count). The first-order valence-corrected chi connectivity index (χ1v) is 9.15. The summed E-state index contributed by atoms with van der Waals surface area (Å²) in [5.41, 5.74) is 0. The van der Waals surface area contributed by atoms with E-state index < -0.39 is 9.84 Å². The summed E-state index contributed by atoms with van der Waals surface area (Å²) < 4.78 is 22.8. The average Bonchev–Trinajstić information content (AvgIpc) is 2.57. The highest BCUT2D eigenvalue weighted by Crippen LogP contribution is 2.11. The molecule has 0 radical (unpaired) electrons. The van der Waals surface area contributed by atoms with Crippen molar-refractivity contribution in [3.05, 3.63) is 0 Å². The number of rotatable bonds is 4. The molecule has 2 atom stereocenters. The van der Waals surface area contributed by atoms with E-state index in [0.29, 0.717) is 17.5 Å². The maximum absolute atomic E-state index is 11.4. The van der Waals surface area contributed by atoms with Crippen molar-refractivity contribution in [2.75, 3.05) is 51.3 Å². The lowest BCUT2D eigenvalue weighted by atomic mass is 10.2. The molecule has 1 N–H and O–H groups in total. The van der Waals surface area contributed by atoms with Crippen LogP contribution in [0.3, 0.4) is 0 Å². The van der Waals surface area contributed by atoms with E-state index >= 15 is 0 Å². The van der Waals surface area contributed by atoms with Crippen LogP contribution in [-0.4, -0.2) is 81.6 Å². The standard InChI is InChI=1S/C13H27N3O2S/c1-12-10-15(2)6-3-7-16(12)8-5-14-13-4-9-19(17,18)11-13/h12-14H,3-11H2,1-2H3. The third kappa shape index (κ3) is 4.70. The number of nitrogens with one attached hydrogen (secondary N) is 1. The van der Waals surface area contributed by atoms with E-state index in [-0.39, 0.29) is 6.04 Å². The number of nitrogens with zero attached hydrogens (tertiary/aromatic N) is 2. The summed E-state index contributed by atoms with van der Waals surface area (Å²) in [7, 11) is -0.575. The summed E-state index contributed by atoms with van der Waals surface area (Å²) in [5, 5.41) is 3.40. The molecule has 2 unspecified atom stereocenters. The minimum atomic E-state index is -2.76. The van der Waals surface area contributed by atoms with Gasteiger partial charge in [0.2, 0.25) is 0 Å². The number of hydrogen-bond donors (Lipinski definition) is 1. The van der Waals surface area contributed by atoms with Crippen LogP contribution in [0.4, 0.5) is 0 Å². The van der Waals surface area contributed by atoms with Gasteiger partial charge >= 0.3 is 0 Å². The minimum Gasteiger partial charge on any atom is -0.312 e. The Morgan fingerprint density at radius 2 is 2.11 bits per heavy atom. The molecule has 2 heterocycles. The molecule has 5 nitrogen and oxygen atoms in total. The molecule has 0 aromatic heterocycles. The van der Waals surface area contributed by atoms with Crippen molar-refractivity contribution in [3.8, 4) is 0 Å². The number of likely N-dealkylation sites (N-methyl/N-ethyl adjacent to an activating group) is 1. The van der Waals surface area contributed by atoms with E-state index in [1.54, 1.807) is 0 Å². The molecule has 6 heteroatoms. The van der Waals surface area contributed by atoms with Crippen LogP contribution in [0.15, 0.2) is 0 Å². The van der Waals surface area contributed by atoms with Crippen molar-refractivity contribution < 1.29 is 8.42 Å². The molecule has 2 fully saturated rings. The molecule has 0 amide bonds. The quantitative estimate of drug-likeness (QED) is 0.776. The van der Waals surface area contributed by atoms with E-state index in [4.69, 9.17) is 0 Å². The fraction of sp³-hybridized carbons (Fsp3) is 1.00. The van der Waals surface area contributed by atoms with Gasteiger partial charge in [-0.25, -0.2) is 8.42 Å². The number of hydrogen-bond acceptors (Lipinski definition) is 5. The average molecular weight is 289 g/mol. The molecule has 0 saturated carbocycles. The first-order valence-electron chi connectivity index (χ1n) is 7.33. The Hall–Kier alpha value is -0.170. The molecule has 0 aliphatic carbocycles. The maximum Gasteiger partial charge on any atom is 0.151 e. The molecule has 0 bridgehead atoms. The maximum atomic E-state index is 11.4. The van der Waals surface area contributed by atoms with E-state index in [9.17, 15) is 8.42 Å². The van der Waals surface area contributed by atoms with Crippen LogP contribution in [0.5, 0.6) is 0 Å². The van der Waals surface area contributed by atoms with Crippen LogP contribution in [0.1, 0.15) is 19.8 Å². The van der Waals surface area contributed by atoms with Gasteiger partial charge in [-0.3, -0.25) is 4.90 Å². The molecule has 0 spiro atoms. The molecular weight excluding hydrogens is 262 g/mol. The molecule has 2 saturated heterocycles. The van der Waals surface area contributed by atoms with Gasteiger partial charge in [0.15, 0.2) is 9.84 Å². The van der Waals surface area contributed by atoms with E-state index in [0.717, 1.165) is 32.6 Å². The Bertz CT molecular complexity index is 385. The van der Waals surface area contributed by atoms with Crippen LogP contribution < -0.4 is 5.32 Å². The van der Waals surface area contributed by atoms with Gasteiger partial charge < -0.3 is 10.2 Å². The smallest absolute Gasteiger partial charge is 0.151 e. The summed E-state index contributed by atoms with van der Waals surface area (Å²) in [6, 6.07) is 0.761. The SMILES string of the molecule is CC1CN(C)CCCN1CCNC1CCS(=O)(=O)C1. The Morgan fingerprint density at radius 3 is 2.79 bits per heavy atom. The normalized spacial score (nSPS) is 33.4. The predicted molar refractivity (Wildman–Crippen MR) is 78.2 cm³/mol. The van der Waals surface area contributed by atoms with Crippen LogP contribution in [0.2, 0.25) is 0 Å². The Morgan fingerprint density at radius 1 is 1.32 bits per heavy atom. The van der Waals surface area contributed by atoms with Gasteiger partial charge in [0.05, 0.1) is 11.5 Å². The van der Waals surface area contributed by atoms with Crippen molar-refractivity contribution in [2.45, 2.75) is 31.8 Å². The second-order valence-corrected chi connectivity index (χ2v) is 8.28. The van der Waals surface area contributed by atoms with E-state index in [2.05, 4.69) is 29.1 Å². The van der Waals surface area contributed by atoms with Gasteiger partial charge in [0.1, 0.15) is 0 Å². The van der Waals surface area contributed by atoms with Crippen molar-refractivity contribution in [1.82, 2.24) is 15.1 Å². The topological polar surface area (TPSA) is 52.6 Å². The third-order valence-corrected chi connectivity index (χ3v) is 6.02. The summed E-state index contributed by atoms with van der Waals surface area (Å²) in [4.78, 5) is 4.90. The van der Waals surface area contributed by atoms with Gasteiger partial charge in [0.25, 0.3) is 0 Å². The molecule has 112 valence electrons. The molecule has 2 aliphatic heterocycles. The summed E-state index contributed by atoms with van der Waals surface area (Å²) >= 11 is 0. The molecule has 0 aromatic rings. The third-order valence-electron chi connectivity index (χ3n) is 4.25. The Kier molecular flexibility index (Phi) is 5.22. The van der Waals surface area contributed by atoms with Gasteiger partial charge in [-0.15, -0.1) is 0 Å². The lowest BCUT2D eigenvalue weighted by molar-refractivity contribution is 0.201. The van der Waals surface area contributed by atoms with Gasteiger partial charge in [-0.2, -0.15) is 0 Å². The van der Waals surface area contributed by atoms with Crippen molar-refractivity contribution in [1.29, 1.82) is 0 Å². The zero-order chi connectivity index (χ0) is 13.9. The lowest BCUT2D eigenvalue weighted by Gasteiger charge is -2.28. The molecule has 19 heavy (non-hydrogen) atoms. The highest BCUT2D eigenvalue weighted by Gasteiger charge is 2.27. The van der Waals surface area contributed by atoms with Crippen LogP contribution >= 0.6 is 0 Å². The predicted octanol–water partition coefficient (Wildman–Crippen LogP) is -0.211. The first-order chi connectivity index (χ1) is 8.96. The van der Waals surface area contributed by atoms with Crippen molar-refractivity contribution in [3.63, 3.8) is 0 Å². The first kappa shape index (κ1) is 15.2. The molecule has 2 aliphatic rings. The zero-order valence-electron chi connectivity index (χ0n) is 12.1. The van der Waals surface area contributed by atoms with Crippen LogP contribution in [0, 0.1) is 0 Å². The van der Waals surface area contributed by atoms with E-state index in [1.807, 2.05) is 0 Å². The van der Waals surface area contributed by atoms with Crippen molar-refractivity contribution in [2.24, 2.45) is 0 Å². The van der Waals surface area contributed by atoms with Crippen LogP contribution in [-0.2, 0) is 9.84 Å². The Labute approximate surface area is 117 Å². The summed E-state index contributed by atoms with van der Waals surface area (Å²) in [5.74, 6) is 0.681. The zero-order valence-corrected chi connectivity index (χ0v) is 13.0. The van der Waals surface area contributed by atoms with Gasteiger partial charge in [0, 0.05) is 31.7 Å². The van der Waals surface area contributed by atoms with E-state index in [1.165, 1.54) is 13.0 Å². The lowest BCUT2D eigenvalue weighted by Crippen LogP contribution is -2.43.